The van der Waals surface area contributed by atoms with Gasteiger partial charge < -0.3 is 9.47 Å². The van der Waals surface area contributed by atoms with Gasteiger partial charge in [0, 0.05) is 33.5 Å². The number of hydrogen-bond donors (Lipinski definition) is 0. The van der Waals surface area contributed by atoms with Crippen LogP contribution in [0, 0.1) is 0 Å². The van der Waals surface area contributed by atoms with Gasteiger partial charge in [-0.3, -0.25) is 0 Å². The maximum Gasteiger partial charge on any atom is 0.0553 e. The molecule has 0 saturated carbocycles. The van der Waals surface area contributed by atoms with Gasteiger partial charge >= 0.3 is 0 Å². The zero-order valence-corrected chi connectivity index (χ0v) is 39.5. The first-order valence-electron chi connectivity index (χ1n) is 24.8. The summed E-state index contributed by atoms with van der Waals surface area (Å²) in [5.41, 5.74) is 16.4. The van der Waals surface area contributed by atoms with Crippen LogP contribution in [0.15, 0.2) is 279 Å². The molecule has 14 aromatic rings. The minimum atomic E-state index is 1.08. The Balaban J connectivity index is 0.917. The second-order valence-electron chi connectivity index (χ2n) is 18.8. The Bertz CT molecular complexity index is 4350. The van der Waals surface area contributed by atoms with E-state index in [1.165, 1.54) is 104 Å². The van der Waals surface area contributed by atoms with E-state index in [1.54, 1.807) is 0 Å². The first-order valence-corrected chi connectivity index (χ1v) is 24.8. The fourth-order valence-corrected chi connectivity index (χ4v) is 11.4. The van der Waals surface area contributed by atoms with Crippen LogP contribution in [0.4, 0.5) is 17.1 Å². The van der Waals surface area contributed by atoms with Crippen molar-refractivity contribution < 1.29 is 0 Å². The van der Waals surface area contributed by atoms with E-state index in [2.05, 4.69) is 289 Å². The highest BCUT2D eigenvalue weighted by atomic mass is 15.1. The molecule has 0 fully saturated rings. The van der Waals surface area contributed by atoms with Crippen LogP contribution in [0.5, 0.6) is 0 Å². The number of rotatable bonds is 8. The van der Waals surface area contributed by atoms with Crippen molar-refractivity contribution in [3.63, 3.8) is 0 Å². The molecule has 0 amide bonds. The van der Waals surface area contributed by atoms with Gasteiger partial charge in [-0.1, -0.05) is 212 Å². The minimum absolute atomic E-state index is 1.08. The lowest BCUT2D eigenvalue weighted by Gasteiger charge is -2.27. The summed E-state index contributed by atoms with van der Waals surface area (Å²) < 4.78 is 2.43. The number of benzene rings is 13. The molecule has 1 aromatic heterocycles. The number of nitrogens with zero attached hydrogens (tertiary/aromatic N) is 2. The molecule has 1 heterocycles. The van der Waals surface area contributed by atoms with Crippen LogP contribution in [0.25, 0.3) is 115 Å². The van der Waals surface area contributed by atoms with Gasteiger partial charge in [0.15, 0.2) is 0 Å². The van der Waals surface area contributed by atoms with E-state index in [1.807, 2.05) is 0 Å². The van der Waals surface area contributed by atoms with Crippen LogP contribution in [0.1, 0.15) is 0 Å². The van der Waals surface area contributed by atoms with Crippen molar-refractivity contribution in [2.75, 3.05) is 4.90 Å². The molecule has 0 bridgehead atoms. The molecule has 0 aliphatic heterocycles. The number of fused-ring (bicyclic) bond motifs is 8. The summed E-state index contributed by atoms with van der Waals surface area (Å²) in [5.74, 6) is 0. The fraction of sp³-hybridized carbons (Fsp3) is 0. The molecule has 13 aromatic carbocycles. The van der Waals surface area contributed by atoms with E-state index in [0.717, 1.165) is 28.3 Å². The van der Waals surface area contributed by atoms with Gasteiger partial charge in [0.05, 0.1) is 11.0 Å². The normalized spacial score (nSPS) is 11.6. The van der Waals surface area contributed by atoms with Crippen molar-refractivity contribution >= 4 is 82.0 Å². The summed E-state index contributed by atoms with van der Waals surface area (Å²) in [6.45, 7) is 0. The number of para-hydroxylation sites is 2. The number of aromatic nitrogens is 1. The van der Waals surface area contributed by atoms with Crippen LogP contribution in [-0.2, 0) is 0 Å². The third-order valence-electron chi connectivity index (χ3n) is 14.7. The molecule has 0 aliphatic carbocycles. The lowest BCUT2D eigenvalue weighted by Crippen LogP contribution is -2.10. The highest BCUT2D eigenvalue weighted by Gasteiger charge is 2.21. The van der Waals surface area contributed by atoms with Gasteiger partial charge in [-0.25, -0.2) is 0 Å². The molecule has 14 rings (SSSR count). The van der Waals surface area contributed by atoms with E-state index in [9.17, 15) is 0 Å². The van der Waals surface area contributed by atoms with Crippen LogP contribution in [-0.4, -0.2) is 4.57 Å². The Morgan fingerprint density at radius 3 is 1.50 bits per heavy atom. The zero-order chi connectivity index (χ0) is 47.5. The third kappa shape index (κ3) is 6.95. The van der Waals surface area contributed by atoms with Gasteiger partial charge in [0.2, 0.25) is 0 Å². The lowest BCUT2D eigenvalue weighted by molar-refractivity contribution is 1.18. The molecule has 0 atom stereocenters. The second kappa shape index (κ2) is 17.2. The summed E-state index contributed by atoms with van der Waals surface area (Å²) in [7, 11) is 0. The topological polar surface area (TPSA) is 8.17 Å². The molecule has 2 nitrogen and oxygen atoms in total. The summed E-state index contributed by atoms with van der Waals surface area (Å²) in [6, 6.07) is 102. The van der Waals surface area contributed by atoms with Gasteiger partial charge in [-0.2, -0.15) is 0 Å². The van der Waals surface area contributed by atoms with E-state index in [4.69, 9.17) is 0 Å². The first kappa shape index (κ1) is 41.5. The average molecular weight is 915 g/mol. The van der Waals surface area contributed by atoms with E-state index in [0.29, 0.717) is 0 Å². The Hall–Kier alpha value is -9.50. The van der Waals surface area contributed by atoms with Crippen molar-refractivity contribution in [1.82, 2.24) is 4.57 Å². The lowest BCUT2D eigenvalue weighted by atomic mass is 9.92. The predicted octanol–water partition coefficient (Wildman–Crippen LogP) is 19.5. The van der Waals surface area contributed by atoms with Crippen molar-refractivity contribution in [1.29, 1.82) is 0 Å². The van der Waals surface area contributed by atoms with Crippen LogP contribution >= 0.6 is 0 Å². The smallest absolute Gasteiger partial charge is 0.0553 e. The highest BCUT2D eigenvalue weighted by Crippen LogP contribution is 2.46. The molecule has 2 heteroatoms. The second-order valence-corrected chi connectivity index (χ2v) is 18.8. The monoisotopic (exact) mass is 914 g/mol. The number of anilines is 3. The van der Waals surface area contributed by atoms with Crippen LogP contribution < -0.4 is 4.90 Å². The molecule has 0 unspecified atom stereocenters. The van der Waals surface area contributed by atoms with Crippen molar-refractivity contribution in [3.05, 3.63) is 279 Å². The number of hydrogen-bond acceptors (Lipinski definition) is 1. The third-order valence-corrected chi connectivity index (χ3v) is 14.7. The van der Waals surface area contributed by atoms with Crippen molar-refractivity contribution in [2.24, 2.45) is 0 Å². The molecule has 0 saturated heterocycles. The fourth-order valence-electron chi connectivity index (χ4n) is 11.4. The average Bonchev–Trinajstić information content (AvgIpc) is 3.78. The largest absolute Gasteiger partial charge is 0.310 e. The molecule has 0 N–H and O–H groups in total. The molecule has 0 radical (unpaired) electrons. The minimum Gasteiger partial charge on any atom is -0.310 e. The summed E-state index contributed by atoms with van der Waals surface area (Å²) >= 11 is 0. The molecule has 72 heavy (non-hydrogen) atoms. The van der Waals surface area contributed by atoms with E-state index in [-0.39, 0.29) is 0 Å². The van der Waals surface area contributed by atoms with Gasteiger partial charge in [0.25, 0.3) is 0 Å². The van der Waals surface area contributed by atoms with E-state index >= 15 is 0 Å². The zero-order valence-electron chi connectivity index (χ0n) is 39.5. The van der Waals surface area contributed by atoms with Crippen molar-refractivity contribution in [2.45, 2.75) is 0 Å². The standard InChI is InChI=1S/C70H46N2/c1-2-21-55(22-3-1)72-67-31-13-12-29-65(67)70-68(72)46-53-18-6-9-26-62(53)69(70)54-20-14-23-58(44-54)71(57-42-38-51(39-43-57)66-45-52-17-5-8-25-61(52)63-27-10-11-28-64(63)66)56-40-36-48(37-41-56)47-32-34-50(35-33-47)60-30-15-19-49-16-4-7-24-59(49)60/h1-46H. The Morgan fingerprint density at radius 1 is 0.250 bits per heavy atom. The summed E-state index contributed by atoms with van der Waals surface area (Å²) in [6.07, 6.45) is 0. The summed E-state index contributed by atoms with van der Waals surface area (Å²) in [5, 5.41) is 12.5. The summed E-state index contributed by atoms with van der Waals surface area (Å²) in [4.78, 5) is 2.41. The van der Waals surface area contributed by atoms with Crippen LogP contribution in [0.2, 0.25) is 0 Å². The molecular formula is C70H46N2. The molecular weight excluding hydrogens is 869 g/mol. The van der Waals surface area contributed by atoms with E-state index < -0.39 is 0 Å². The SMILES string of the molecule is c1ccc(-n2c3ccccc3c3c(-c4cccc(N(c5ccc(-c6ccc(-c7cccc8ccccc78)cc6)cc5)c5ccc(-c6cc7ccccc7c7ccccc67)cc5)c4)c4ccccc4cc32)cc1. The van der Waals surface area contributed by atoms with Crippen LogP contribution in [0.3, 0.4) is 0 Å². The molecule has 0 spiro atoms. The first-order chi connectivity index (χ1) is 35.7. The molecule has 336 valence electrons. The maximum absolute atomic E-state index is 2.43. The van der Waals surface area contributed by atoms with Gasteiger partial charge in [0.1, 0.15) is 0 Å². The van der Waals surface area contributed by atoms with Gasteiger partial charge in [-0.05, 0) is 154 Å². The van der Waals surface area contributed by atoms with Gasteiger partial charge in [-0.15, -0.1) is 0 Å². The van der Waals surface area contributed by atoms with Crippen molar-refractivity contribution in [3.8, 4) is 50.2 Å². The highest BCUT2D eigenvalue weighted by molar-refractivity contribution is 6.23. The predicted molar refractivity (Wildman–Crippen MR) is 307 cm³/mol. The Morgan fingerprint density at radius 2 is 0.764 bits per heavy atom. The Kier molecular flexibility index (Phi) is 9.89. The molecule has 0 aliphatic rings. The Labute approximate surface area is 418 Å². The maximum atomic E-state index is 2.43. The quantitative estimate of drug-likeness (QED) is 0.138.